The molecule has 25 heavy (non-hydrogen) atoms. The Morgan fingerprint density at radius 1 is 1.12 bits per heavy atom. The maximum atomic E-state index is 13.3. The summed E-state index contributed by atoms with van der Waals surface area (Å²) in [7, 11) is 1.75. The number of piperidine rings is 2. The topological polar surface area (TPSA) is 40.6 Å². The number of rotatable bonds is 2. The van der Waals surface area contributed by atoms with Crippen molar-refractivity contribution in [3.05, 3.63) is 35.6 Å². The van der Waals surface area contributed by atoms with Gasteiger partial charge in [-0.3, -0.25) is 9.59 Å². The van der Waals surface area contributed by atoms with Crippen molar-refractivity contribution in [2.75, 3.05) is 20.1 Å². The van der Waals surface area contributed by atoms with Crippen molar-refractivity contribution in [2.45, 2.75) is 39.2 Å². The first kappa shape index (κ1) is 17.9. The van der Waals surface area contributed by atoms with Gasteiger partial charge >= 0.3 is 0 Å². The van der Waals surface area contributed by atoms with E-state index < -0.39 is 0 Å². The van der Waals surface area contributed by atoms with Crippen LogP contribution in [0.25, 0.3) is 0 Å². The summed E-state index contributed by atoms with van der Waals surface area (Å²) >= 11 is 0. The molecule has 0 aromatic heterocycles. The molecule has 5 heteroatoms. The number of amides is 2. The van der Waals surface area contributed by atoms with E-state index in [0.29, 0.717) is 24.7 Å². The first-order valence-corrected chi connectivity index (χ1v) is 9.16. The standard InChI is InChI=1S/C20H27FN2O2/c1-13-10-14(2)12-23(11-13)20(25)17-8-9-18(24)22(3)19(17)15-4-6-16(21)7-5-15/h4-7,13-14,17,19H,8-12H2,1-3H3/t13-,14+,17-,19-/m1/s1. The van der Waals surface area contributed by atoms with Crippen LogP contribution in [-0.4, -0.2) is 41.8 Å². The molecule has 2 amide bonds. The van der Waals surface area contributed by atoms with E-state index >= 15 is 0 Å². The summed E-state index contributed by atoms with van der Waals surface area (Å²) < 4.78 is 13.3. The van der Waals surface area contributed by atoms with Crippen LogP contribution in [0.5, 0.6) is 0 Å². The van der Waals surface area contributed by atoms with Gasteiger partial charge in [0.25, 0.3) is 0 Å². The quantitative estimate of drug-likeness (QED) is 0.825. The second kappa shape index (κ2) is 7.14. The summed E-state index contributed by atoms with van der Waals surface area (Å²) in [5.74, 6) is 0.603. The van der Waals surface area contributed by atoms with E-state index in [4.69, 9.17) is 0 Å². The van der Waals surface area contributed by atoms with E-state index in [-0.39, 0.29) is 29.6 Å². The minimum absolute atomic E-state index is 0.0405. The molecule has 2 aliphatic rings. The van der Waals surface area contributed by atoms with Gasteiger partial charge in [-0.1, -0.05) is 26.0 Å². The molecule has 0 saturated carbocycles. The summed E-state index contributed by atoms with van der Waals surface area (Å²) in [5, 5.41) is 0. The van der Waals surface area contributed by atoms with Gasteiger partial charge in [-0.2, -0.15) is 0 Å². The normalized spacial score (nSPS) is 30.5. The molecule has 2 aliphatic heterocycles. The maximum Gasteiger partial charge on any atom is 0.228 e. The lowest BCUT2D eigenvalue weighted by molar-refractivity contribution is -0.148. The predicted octanol–water partition coefficient (Wildman–Crippen LogP) is 3.24. The van der Waals surface area contributed by atoms with Gasteiger partial charge in [-0.15, -0.1) is 0 Å². The number of benzene rings is 1. The van der Waals surface area contributed by atoms with Crippen LogP contribution in [0, 0.1) is 23.6 Å². The van der Waals surface area contributed by atoms with Crippen LogP contribution in [0.3, 0.4) is 0 Å². The number of hydrogen-bond donors (Lipinski definition) is 0. The fraction of sp³-hybridized carbons (Fsp3) is 0.600. The van der Waals surface area contributed by atoms with Gasteiger partial charge < -0.3 is 9.80 Å². The van der Waals surface area contributed by atoms with Gasteiger partial charge in [0.15, 0.2) is 0 Å². The number of hydrogen-bond acceptors (Lipinski definition) is 2. The summed E-state index contributed by atoms with van der Waals surface area (Å²) in [6, 6.07) is 5.86. The molecule has 0 N–H and O–H groups in total. The van der Waals surface area contributed by atoms with Gasteiger partial charge in [0.05, 0.1) is 12.0 Å². The van der Waals surface area contributed by atoms with E-state index in [1.54, 1.807) is 24.1 Å². The number of carbonyl (C=O) groups excluding carboxylic acids is 2. The second-order valence-electron chi connectivity index (χ2n) is 7.84. The summed E-state index contributed by atoms with van der Waals surface area (Å²) in [6.45, 7) is 5.94. The SMILES string of the molecule is C[C@@H]1C[C@H](C)CN(C(=O)[C@@H]2CCC(=O)N(C)[C@@H]2c2ccc(F)cc2)C1. The minimum Gasteiger partial charge on any atom is -0.342 e. The molecule has 3 rings (SSSR count). The van der Waals surface area contributed by atoms with Crippen LogP contribution in [0.1, 0.15) is 44.7 Å². The summed E-state index contributed by atoms with van der Waals surface area (Å²) in [6.07, 6.45) is 2.10. The van der Waals surface area contributed by atoms with E-state index in [0.717, 1.165) is 25.1 Å². The van der Waals surface area contributed by atoms with Crippen molar-refractivity contribution in [1.29, 1.82) is 0 Å². The van der Waals surface area contributed by atoms with Crippen LogP contribution in [-0.2, 0) is 9.59 Å². The van der Waals surface area contributed by atoms with Crippen LogP contribution in [0.4, 0.5) is 4.39 Å². The van der Waals surface area contributed by atoms with Crippen LogP contribution in [0.15, 0.2) is 24.3 Å². The third-order valence-electron chi connectivity index (χ3n) is 5.57. The number of likely N-dealkylation sites (tertiary alicyclic amines) is 2. The number of halogens is 1. The summed E-state index contributed by atoms with van der Waals surface area (Å²) in [4.78, 5) is 29.1. The Morgan fingerprint density at radius 3 is 2.32 bits per heavy atom. The van der Waals surface area contributed by atoms with Crippen molar-refractivity contribution >= 4 is 11.8 Å². The van der Waals surface area contributed by atoms with Gasteiger partial charge in [0.1, 0.15) is 5.82 Å². The third kappa shape index (κ3) is 3.70. The Balaban J connectivity index is 1.87. The molecule has 4 nitrogen and oxygen atoms in total. The Bertz CT molecular complexity index is 636. The van der Waals surface area contributed by atoms with Crippen LogP contribution < -0.4 is 0 Å². The molecule has 136 valence electrons. The lowest BCUT2D eigenvalue weighted by Gasteiger charge is -2.43. The molecular formula is C20H27FN2O2. The van der Waals surface area contributed by atoms with Crippen molar-refractivity contribution < 1.29 is 14.0 Å². The van der Waals surface area contributed by atoms with Crippen molar-refractivity contribution in [2.24, 2.45) is 17.8 Å². The highest BCUT2D eigenvalue weighted by Crippen LogP contribution is 2.38. The van der Waals surface area contributed by atoms with Crippen molar-refractivity contribution in [3.63, 3.8) is 0 Å². The lowest BCUT2D eigenvalue weighted by Crippen LogP contribution is -2.50. The Hall–Kier alpha value is -1.91. The largest absolute Gasteiger partial charge is 0.342 e. The first-order chi connectivity index (χ1) is 11.9. The molecule has 1 aromatic rings. The molecule has 0 bridgehead atoms. The smallest absolute Gasteiger partial charge is 0.228 e. The van der Waals surface area contributed by atoms with E-state index in [1.165, 1.54) is 12.1 Å². The average Bonchev–Trinajstić information content (AvgIpc) is 2.57. The molecule has 2 fully saturated rings. The van der Waals surface area contributed by atoms with Gasteiger partial charge in [0, 0.05) is 26.6 Å². The Labute approximate surface area is 149 Å². The summed E-state index contributed by atoms with van der Waals surface area (Å²) in [5.41, 5.74) is 0.827. The van der Waals surface area contributed by atoms with Gasteiger partial charge in [0.2, 0.25) is 11.8 Å². The van der Waals surface area contributed by atoms with E-state index in [1.807, 2.05) is 4.90 Å². The number of nitrogens with zero attached hydrogens (tertiary/aromatic N) is 2. The highest BCUT2D eigenvalue weighted by Gasteiger charge is 2.41. The average molecular weight is 346 g/mol. The van der Waals surface area contributed by atoms with Crippen molar-refractivity contribution in [1.82, 2.24) is 9.80 Å². The first-order valence-electron chi connectivity index (χ1n) is 9.16. The highest BCUT2D eigenvalue weighted by molar-refractivity contribution is 5.85. The molecule has 0 unspecified atom stereocenters. The fourth-order valence-corrected chi connectivity index (χ4v) is 4.49. The Kier molecular flexibility index (Phi) is 5.11. The molecular weight excluding hydrogens is 319 g/mol. The van der Waals surface area contributed by atoms with E-state index in [2.05, 4.69) is 13.8 Å². The molecule has 0 spiro atoms. The minimum atomic E-state index is -0.318. The molecule has 0 radical (unpaired) electrons. The molecule has 2 saturated heterocycles. The second-order valence-corrected chi connectivity index (χ2v) is 7.84. The zero-order valence-corrected chi connectivity index (χ0v) is 15.2. The number of carbonyl (C=O) groups is 2. The zero-order valence-electron chi connectivity index (χ0n) is 15.2. The molecule has 4 atom stereocenters. The fourth-order valence-electron chi connectivity index (χ4n) is 4.49. The molecule has 0 aliphatic carbocycles. The van der Waals surface area contributed by atoms with Crippen LogP contribution in [0.2, 0.25) is 0 Å². The monoisotopic (exact) mass is 346 g/mol. The highest BCUT2D eigenvalue weighted by atomic mass is 19.1. The van der Waals surface area contributed by atoms with Gasteiger partial charge in [-0.25, -0.2) is 4.39 Å². The van der Waals surface area contributed by atoms with Crippen molar-refractivity contribution in [3.8, 4) is 0 Å². The molecule has 2 heterocycles. The maximum absolute atomic E-state index is 13.3. The molecule has 1 aromatic carbocycles. The third-order valence-corrected chi connectivity index (χ3v) is 5.57. The zero-order chi connectivity index (χ0) is 18.1. The van der Waals surface area contributed by atoms with E-state index in [9.17, 15) is 14.0 Å². The predicted molar refractivity (Wildman–Crippen MR) is 94.2 cm³/mol. The van der Waals surface area contributed by atoms with Gasteiger partial charge in [-0.05, 0) is 42.4 Å². The Morgan fingerprint density at radius 2 is 1.72 bits per heavy atom. The van der Waals surface area contributed by atoms with Crippen LogP contribution >= 0.6 is 0 Å². The lowest BCUT2D eigenvalue weighted by atomic mass is 9.82.